The van der Waals surface area contributed by atoms with Crippen molar-refractivity contribution in [1.29, 1.82) is 0 Å². The number of amides is 2. The molecule has 1 aliphatic carbocycles. The molecule has 2 amide bonds. The van der Waals surface area contributed by atoms with Gasteiger partial charge in [-0.1, -0.05) is 11.6 Å². The first kappa shape index (κ1) is 13.0. The van der Waals surface area contributed by atoms with Gasteiger partial charge in [0.1, 0.15) is 0 Å². The highest BCUT2D eigenvalue weighted by molar-refractivity contribution is 7.98. The molecule has 0 spiro atoms. The zero-order valence-corrected chi connectivity index (χ0v) is 11.5. The Bertz CT molecular complexity index is 467. The van der Waals surface area contributed by atoms with Crippen molar-refractivity contribution in [3.8, 4) is 0 Å². The van der Waals surface area contributed by atoms with Gasteiger partial charge in [0.25, 0.3) is 0 Å². The van der Waals surface area contributed by atoms with Crippen molar-refractivity contribution >= 4 is 23.5 Å². The van der Waals surface area contributed by atoms with Gasteiger partial charge in [0, 0.05) is 16.8 Å². The lowest BCUT2D eigenvalue weighted by Gasteiger charge is -2.06. The van der Waals surface area contributed by atoms with Crippen LogP contribution in [0, 0.1) is 5.92 Å². The first-order chi connectivity index (χ1) is 8.69. The first-order valence-corrected chi connectivity index (χ1v) is 7.30. The van der Waals surface area contributed by atoms with E-state index in [-0.39, 0.29) is 6.03 Å². The van der Waals surface area contributed by atoms with E-state index in [4.69, 9.17) is 0 Å². The third kappa shape index (κ3) is 3.81. The highest BCUT2D eigenvalue weighted by Crippen LogP contribution is 2.35. The number of carbonyl (C=O) groups excluding carboxylic acids is 1. The summed E-state index contributed by atoms with van der Waals surface area (Å²) in [5.41, 5.74) is 2.07. The second kappa shape index (κ2) is 5.96. The molecular weight excluding hydrogens is 244 g/mol. The van der Waals surface area contributed by atoms with Gasteiger partial charge in [-0.3, -0.25) is 0 Å². The number of rotatable bonds is 4. The summed E-state index contributed by atoms with van der Waals surface area (Å²) >= 11 is 1.66. The number of carbonyl (C=O) groups is 1. The summed E-state index contributed by atoms with van der Waals surface area (Å²) in [6.07, 6.45) is 6.33. The molecule has 0 radical (unpaired) electrons. The van der Waals surface area contributed by atoms with Crippen LogP contribution in [0.1, 0.15) is 19.8 Å². The number of nitrogens with one attached hydrogen (secondary N) is 2. The Labute approximate surface area is 112 Å². The number of hydrogen-bond acceptors (Lipinski definition) is 2. The molecule has 1 aliphatic rings. The van der Waals surface area contributed by atoms with E-state index in [1.165, 1.54) is 18.4 Å². The number of benzene rings is 1. The summed E-state index contributed by atoms with van der Waals surface area (Å²) in [6.45, 7) is 2.06. The van der Waals surface area contributed by atoms with Crippen LogP contribution in [0.5, 0.6) is 0 Å². The van der Waals surface area contributed by atoms with Gasteiger partial charge in [-0.2, -0.15) is 0 Å². The van der Waals surface area contributed by atoms with E-state index in [2.05, 4.69) is 17.6 Å². The standard InChI is InChI=1S/C14H18N2OS/c1-10(11-6-7-11)9-15-14(17)16-12-4-3-5-13(8-12)18-2/h3-5,8-9,11H,6-7H2,1-2H3,(H2,15,16,17)/b10-9+. The molecule has 0 aliphatic heterocycles. The molecule has 0 unspecified atom stereocenters. The molecule has 18 heavy (non-hydrogen) atoms. The Morgan fingerprint density at radius 2 is 2.22 bits per heavy atom. The fourth-order valence-corrected chi connectivity index (χ4v) is 2.16. The fraction of sp³-hybridized carbons (Fsp3) is 0.357. The summed E-state index contributed by atoms with van der Waals surface area (Å²) in [7, 11) is 0. The Kier molecular flexibility index (Phi) is 4.31. The van der Waals surface area contributed by atoms with Crippen LogP contribution in [-0.4, -0.2) is 12.3 Å². The van der Waals surface area contributed by atoms with Crippen molar-refractivity contribution in [2.75, 3.05) is 11.6 Å². The highest BCUT2D eigenvalue weighted by atomic mass is 32.2. The molecule has 4 heteroatoms. The maximum Gasteiger partial charge on any atom is 0.323 e. The predicted molar refractivity (Wildman–Crippen MR) is 76.9 cm³/mol. The van der Waals surface area contributed by atoms with E-state index >= 15 is 0 Å². The van der Waals surface area contributed by atoms with Crippen LogP contribution >= 0.6 is 11.8 Å². The lowest BCUT2D eigenvalue weighted by atomic mass is 10.2. The molecule has 3 nitrogen and oxygen atoms in total. The topological polar surface area (TPSA) is 41.1 Å². The average molecular weight is 262 g/mol. The molecule has 0 heterocycles. The molecule has 0 atom stereocenters. The third-order valence-electron chi connectivity index (χ3n) is 2.98. The monoisotopic (exact) mass is 262 g/mol. The summed E-state index contributed by atoms with van der Waals surface area (Å²) in [5, 5.41) is 5.59. The predicted octanol–water partition coefficient (Wildman–Crippen LogP) is 3.84. The van der Waals surface area contributed by atoms with Gasteiger partial charge in [-0.15, -0.1) is 11.8 Å². The van der Waals surface area contributed by atoms with Crippen LogP contribution < -0.4 is 10.6 Å². The molecule has 0 saturated heterocycles. The van der Waals surface area contributed by atoms with Crippen LogP contribution in [0.15, 0.2) is 40.9 Å². The maximum atomic E-state index is 11.7. The summed E-state index contributed by atoms with van der Waals surface area (Å²) in [6, 6.07) is 7.61. The Morgan fingerprint density at radius 3 is 2.89 bits per heavy atom. The minimum absolute atomic E-state index is 0.187. The number of allylic oxidation sites excluding steroid dienone is 1. The lowest BCUT2D eigenvalue weighted by Crippen LogP contribution is -2.24. The zero-order valence-electron chi connectivity index (χ0n) is 10.7. The van der Waals surface area contributed by atoms with Crippen LogP contribution in [0.25, 0.3) is 0 Å². The third-order valence-corrected chi connectivity index (χ3v) is 3.71. The molecule has 0 aromatic heterocycles. The lowest BCUT2D eigenvalue weighted by molar-refractivity contribution is 0.255. The van der Waals surface area contributed by atoms with Crippen LogP contribution in [0.2, 0.25) is 0 Å². The second-order valence-corrected chi connectivity index (χ2v) is 5.37. The SMILES string of the molecule is CSc1cccc(NC(=O)N/C=C(\C)C2CC2)c1. The maximum absolute atomic E-state index is 11.7. The van der Waals surface area contributed by atoms with Gasteiger partial charge in [0.15, 0.2) is 0 Å². The van der Waals surface area contributed by atoms with Crippen molar-refractivity contribution in [3.63, 3.8) is 0 Å². The van der Waals surface area contributed by atoms with Gasteiger partial charge >= 0.3 is 6.03 Å². The molecule has 1 aromatic carbocycles. The molecule has 1 saturated carbocycles. The molecule has 2 rings (SSSR count). The zero-order chi connectivity index (χ0) is 13.0. The van der Waals surface area contributed by atoms with E-state index in [0.717, 1.165) is 10.6 Å². The van der Waals surface area contributed by atoms with Crippen molar-refractivity contribution in [1.82, 2.24) is 5.32 Å². The van der Waals surface area contributed by atoms with Crippen LogP contribution in [0.3, 0.4) is 0 Å². The van der Waals surface area contributed by atoms with E-state index < -0.39 is 0 Å². The van der Waals surface area contributed by atoms with Crippen LogP contribution in [-0.2, 0) is 0 Å². The van der Waals surface area contributed by atoms with Gasteiger partial charge in [0.2, 0.25) is 0 Å². The number of urea groups is 1. The number of hydrogen-bond donors (Lipinski definition) is 2. The van der Waals surface area contributed by atoms with E-state index in [0.29, 0.717) is 5.92 Å². The van der Waals surface area contributed by atoms with Gasteiger partial charge in [0.05, 0.1) is 0 Å². The minimum Gasteiger partial charge on any atom is -0.314 e. The number of anilines is 1. The van der Waals surface area contributed by atoms with Crippen molar-refractivity contribution in [2.45, 2.75) is 24.7 Å². The van der Waals surface area contributed by atoms with E-state index in [1.807, 2.05) is 36.7 Å². The average Bonchev–Trinajstić information content (AvgIpc) is 3.20. The second-order valence-electron chi connectivity index (χ2n) is 4.49. The Morgan fingerprint density at radius 1 is 1.44 bits per heavy atom. The molecule has 1 fully saturated rings. The van der Waals surface area contributed by atoms with Crippen molar-refractivity contribution in [2.24, 2.45) is 5.92 Å². The Balaban J connectivity index is 1.88. The van der Waals surface area contributed by atoms with Crippen molar-refractivity contribution < 1.29 is 4.79 Å². The van der Waals surface area contributed by atoms with Crippen LogP contribution in [0.4, 0.5) is 10.5 Å². The highest BCUT2D eigenvalue weighted by Gasteiger charge is 2.22. The molecule has 2 N–H and O–H groups in total. The fourth-order valence-electron chi connectivity index (χ4n) is 1.70. The number of thioether (sulfide) groups is 1. The largest absolute Gasteiger partial charge is 0.323 e. The minimum atomic E-state index is -0.187. The van der Waals surface area contributed by atoms with E-state index in [9.17, 15) is 4.79 Å². The molecule has 1 aromatic rings. The van der Waals surface area contributed by atoms with Gasteiger partial charge < -0.3 is 10.6 Å². The summed E-state index contributed by atoms with van der Waals surface area (Å²) in [5.74, 6) is 0.685. The van der Waals surface area contributed by atoms with Gasteiger partial charge in [-0.05, 0) is 50.1 Å². The van der Waals surface area contributed by atoms with Crippen molar-refractivity contribution in [3.05, 3.63) is 36.0 Å². The summed E-state index contributed by atoms with van der Waals surface area (Å²) in [4.78, 5) is 12.8. The molecule has 96 valence electrons. The Hall–Kier alpha value is -1.42. The quantitative estimate of drug-likeness (QED) is 0.809. The normalized spacial score (nSPS) is 15.3. The van der Waals surface area contributed by atoms with E-state index in [1.54, 1.807) is 11.8 Å². The smallest absolute Gasteiger partial charge is 0.314 e. The van der Waals surface area contributed by atoms with Gasteiger partial charge in [-0.25, -0.2) is 4.79 Å². The molecule has 0 bridgehead atoms. The summed E-state index contributed by atoms with van der Waals surface area (Å²) < 4.78 is 0. The molecular formula is C14H18N2OS. The first-order valence-electron chi connectivity index (χ1n) is 6.07.